The van der Waals surface area contributed by atoms with E-state index in [1.54, 1.807) is 27.4 Å². The molecule has 0 radical (unpaired) electrons. The maximum atomic E-state index is 10.9. The average Bonchev–Trinajstić information content (AvgIpc) is 3.05. The monoisotopic (exact) mass is 393 g/mol. The molecule has 0 fully saturated rings. The molecule has 0 bridgehead atoms. The highest BCUT2D eigenvalue weighted by atomic mass is 16.5. The van der Waals surface area contributed by atoms with Crippen molar-refractivity contribution >= 4 is 28.5 Å². The zero-order valence-corrected chi connectivity index (χ0v) is 16.9. The zero-order chi connectivity index (χ0) is 21.1. The number of benzene rings is 2. The second-order valence-electron chi connectivity index (χ2n) is 6.49. The number of carboxylic acid groups (broad SMARTS) is 1. The predicted octanol–water partition coefficient (Wildman–Crippen LogP) is 4.36. The summed E-state index contributed by atoms with van der Waals surface area (Å²) in [6.45, 7) is 4.25. The highest BCUT2D eigenvalue weighted by Gasteiger charge is 2.16. The summed E-state index contributed by atoms with van der Waals surface area (Å²) in [5.74, 6) is 0.633. The van der Waals surface area contributed by atoms with Gasteiger partial charge in [-0.3, -0.25) is 0 Å². The summed E-state index contributed by atoms with van der Waals surface area (Å²) >= 11 is 0. The van der Waals surface area contributed by atoms with E-state index in [-0.39, 0.29) is 0 Å². The number of hydrogen-bond donors (Lipinski definition) is 1. The number of aromatic nitrogens is 1. The summed E-state index contributed by atoms with van der Waals surface area (Å²) < 4.78 is 18.2. The minimum atomic E-state index is -0.986. The minimum absolute atomic E-state index is 0.520. The van der Waals surface area contributed by atoms with Crippen LogP contribution >= 0.6 is 0 Å². The van der Waals surface area contributed by atoms with Gasteiger partial charge in [0.1, 0.15) is 0 Å². The van der Waals surface area contributed by atoms with Gasteiger partial charge in [-0.15, -0.1) is 0 Å². The normalized spacial score (nSPS) is 11.0. The molecule has 0 aliphatic rings. The van der Waals surface area contributed by atoms with E-state index in [2.05, 4.69) is 6.58 Å². The highest BCUT2D eigenvalue weighted by Crippen LogP contribution is 2.41. The lowest BCUT2D eigenvalue weighted by molar-refractivity contribution is -0.131. The molecular weight excluding hydrogens is 370 g/mol. The van der Waals surface area contributed by atoms with E-state index in [0.717, 1.165) is 39.2 Å². The summed E-state index contributed by atoms with van der Waals surface area (Å²) in [5, 5.41) is 9.89. The van der Waals surface area contributed by atoms with Crippen molar-refractivity contribution < 1.29 is 24.1 Å². The van der Waals surface area contributed by atoms with Gasteiger partial charge in [0.15, 0.2) is 11.5 Å². The fourth-order valence-electron chi connectivity index (χ4n) is 3.33. The molecule has 0 aliphatic carbocycles. The Kier molecular flexibility index (Phi) is 5.64. The highest BCUT2D eigenvalue weighted by molar-refractivity contribution is 5.96. The first-order valence-corrected chi connectivity index (χ1v) is 8.89. The van der Waals surface area contributed by atoms with Crippen LogP contribution in [-0.4, -0.2) is 37.0 Å². The van der Waals surface area contributed by atoms with Gasteiger partial charge in [0.05, 0.1) is 21.3 Å². The number of aryl methyl sites for hydroxylation is 1. The molecule has 1 heterocycles. The third-order valence-electron chi connectivity index (χ3n) is 4.79. The van der Waals surface area contributed by atoms with Gasteiger partial charge in [-0.1, -0.05) is 12.6 Å². The molecule has 0 saturated heterocycles. The molecule has 3 aromatic rings. The first-order valence-electron chi connectivity index (χ1n) is 8.89. The fourth-order valence-corrected chi connectivity index (χ4v) is 3.33. The average molecular weight is 393 g/mol. The summed E-state index contributed by atoms with van der Waals surface area (Å²) in [6, 6.07) is 9.68. The number of nitrogens with zero attached hydrogens (tertiary/aromatic N) is 1. The Balaban J connectivity index is 2.10. The van der Waals surface area contributed by atoms with E-state index in [9.17, 15) is 4.79 Å². The number of hydrogen-bond acceptors (Lipinski definition) is 4. The van der Waals surface area contributed by atoms with Gasteiger partial charge >= 0.3 is 5.97 Å². The van der Waals surface area contributed by atoms with Crippen LogP contribution in [0.2, 0.25) is 0 Å². The molecule has 0 spiro atoms. The molecule has 3 rings (SSSR count). The topological polar surface area (TPSA) is 69.9 Å². The second kappa shape index (κ2) is 8.14. The summed E-state index contributed by atoms with van der Waals surface area (Å²) in [4.78, 5) is 10.9. The van der Waals surface area contributed by atoms with Gasteiger partial charge in [-0.05, 0) is 47.0 Å². The Morgan fingerprint density at radius 2 is 1.69 bits per heavy atom. The van der Waals surface area contributed by atoms with E-state index in [4.69, 9.17) is 19.3 Å². The molecule has 0 atom stereocenters. The molecule has 1 aromatic heterocycles. The van der Waals surface area contributed by atoms with Gasteiger partial charge < -0.3 is 23.9 Å². The number of carbonyl (C=O) groups is 1. The summed E-state index contributed by atoms with van der Waals surface area (Å²) in [5.41, 5.74) is 4.34. The van der Waals surface area contributed by atoms with Crippen LogP contribution in [-0.2, 0) is 11.8 Å². The lowest BCUT2D eigenvalue weighted by Gasteiger charge is -2.15. The largest absolute Gasteiger partial charge is 0.493 e. The Hall–Kier alpha value is -3.67. The van der Waals surface area contributed by atoms with Crippen LogP contribution in [0.3, 0.4) is 0 Å². The molecule has 0 unspecified atom stereocenters. The lowest BCUT2D eigenvalue weighted by atomic mass is 9.97. The number of aliphatic carboxylic acids is 1. The standard InChI is InChI=1S/C23H23NO5/c1-14(17-11-20(27-3)23(29-5)21(12-17)28-4)15-6-8-19-18(10-15)16(13-24(19)2)7-9-22(25)26/h6-13H,1H2,2-5H3,(H,25,26)/b9-7+. The number of fused-ring (bicyclic) bond motifs is 1. The smallest absolute Gasteiger partial charge is 0.328 e. The van der Waals surface area contributed by atoms with E-state index in [0.29, 0.717) is 17.2 Å². The van der Waals surface area contributed by atoms with Crippen molar-refractivity contribution in [2.24, 2.45) is 7.05 Å². The lowest BCUT2D eigenvalue weighted by Crippen LogP contribution is -1.97. The molecule has 2 aromatic carbocycles. The van der Waals surface area contributed by atoms with E-state index in [1.807, 2.05) is 48.1 Å². The van der Waals surface area contributed by atoms with Gasteiger partial charge in [0.25, 0.3) is 0 Å². The van der Waals surface area contributed by atoms with Crippen LogP contribution in [0.5, 0.6) is 17.2 Å². The Bertz CT molecular complexity index is 1100. The van der Waals surface area contributed by atoms with Crippen molar-refractivity contribution in [1.82, 2.24) is 4.57 Å². The van der Waals surface area contributed by atoms with Gasteiger partial charge in [0, 0.05) is 35.8 Å². The Morgan fingerprint density at radius 1 is 1.03 bits per heavy atom. The predicted molar refractivity (Wildman–Crippen MR) is 114 cm³/mol. The van der Waals surface area contributed by atoms with Crippen molar-refractivity contribution in [1.29, 1.82) is 0 Å². The Morgan fingerprint density at radius 3 is 2.24 bits per heavy atom. The number of methoxy groups -OCH3 is 3. The molecule has 0 aliphatic heterocycles. The van der Waals surface area contributed by atoms with Gasteiger partial charge in [-0.2, -0.15) is 0 Å². The van der Waals surface area contributed by atoms with Crippen molar-refractivity contribution in [2.45, 2.75) is 0 Å². The molecule has 1 N–H and O–H groups in total. The molecule has 0 amide bonds. The number of ether oxygens (including phenoxy) is 3. The minimum Gasteiger partial charge on any atom is -0.493 e. The molecular formula is C23H23NO5. The number of carboxylic acids is 1. The van der Waals surface area contributed by atoms with Gasteiger partial charge in [0.2, 0.25) is 5.75 Å². The molecule has 6 nitrogen and oxygen atoms in total. The van der Waals surface area contributed by atoms with Crippen LogP contribution in [0.25, 0.3) is 22.6 Å². The van der Waals surface area contributed by atoms with Crippen molar-refractivity contribution in [3.63, 3.8) is 0 Å². The second-order valence-corrected chi connectivity index (χ2v) is 6.49. The van der Waals surface area contributed by atoms with Crippen LogP contribution < -0.4 is 14.2 Å². The first kappa shape index (κ1) is 20.1. The van der Waals surface area contributed by atoms with Crippen molar-refractivity contribution in [2.75, 3.05) is 21.3 Å². The van der Waals surface area contributed by atoms with Crippen LogP contribution in [0.1, 0.15) is 16.7 Å². The SMILES string of the molecule is C=C(c1cc(OC)c(OC)c(OC)c1)c1ccc2c(c1)c(/C=C/C(=O)O)cn2C. The maximum absolute atomic E-state index is 10.9. The first-order chi connectivity index (χ1) is 13.9. The van der Waals surface area contributed by atoms with E-state index < -0.39 is 5.97 Å². The van der Waals surface area contributed by atoms with E-state index >= 15 is 0 Å². The fraction of sp³-hybridized carbons (Fsp3) is 0.174. The molecule has 0 saturated carbocycles. The summed E-state index contributed by atoms with van der Waals surface area (Å²) in [6.07, 6.45) is 4.63. The number of rotatable bonds is 7. The molecule has 29 heavy (non-hydrogen) atoms. The van der Waals surface area contributed by atoms with Crippen molar-refractivity contribution in [3.05, 3.63) is 65.9 Å². The van der Waals surface area contributed by atoms with Crippen molar-refractivity contribution in [3.8, 4) is 17.2 Å². The third kappa shape index (κ3) is 3.82. The molecule has 6 heteroatoms. The maximum Gasteiger partial charge on any atom is 0.328 e. The van der Waals surface area contributed by atoms with Gasteiger partial charge in [-0.25, -0.2) is 4.79 Å². The third-order valence-corrected chi connectivity index (χ3v) is 4.79. The zero-order valence-electron chi connectivity index (χ0n) is 16.9. The van der Waals surface area contributed by atoms with Crippen LogP contribution in [0, 0.1) is 0 Å². The van der Waals surface area contributed by atoms with E-state index in [1.165, 1.54) is 0 Å². The van der Waals surface area contributed by atoms with Crippen LogP contribution in [0.4, 0.5) is 0 Å². The quantitative estimate of drug-likeness (QED) is 0.604. The molecule has 150 valence electrons. The Labute approximate surface area is 169 Å². The summed E-state index contributed by atoms with van der Waals surface area (Å²) in [7, 11) is 6.63. The van der Waals surface area contributed by atoms with Crippen LogP contribution in [0.15, 0.2) is 49.2 Å².